The highest BCUT2D eigenvalue weighted by Gasteiger charge is 2.26. The first-order chi connectivity index (χ1) is 10.9. The third kappa shape index (κ3) is 4.60. The summed E-state index contributed by atoms with van der Waals surface area (Å²) in [5.41, 5.74) is 0.367. The van der Waals surface area contributed by atoms with Crippen LogP contribution in [0.1, 0.15) is 12.8 Å². The minimum Gasteiger partial charge on any atom is -0.481 e. The number of pyridine rings is 1. The summed E-state index contributed by atoms with van der Waals surface area (Å²) in [5, 5.41) is 8.94. The molecule has 2 rings (SSSR count). The van der Waals surface area contributed by atoms with Crippen molar-refractivity contribution in [1.82, 2.24) is 4.98 Å². The van der Waals surface area contributed by atoms with Gasteiger partial charge in [0.1, 0.15) is 0 Å². The highest BCUT2D eigenvalue weighted by molar-refractivity contribution is 5.70. The highest BCUT2D eigenvalue weighted by Crippen LogP contribution is 2.33. The molecule has 6 nitrogen and oxygen atoms in total. The lowest BCUT2D eigenvalue weighted by Gasteiger charge is -2.31. The van der Waals surface area contributed by atoms with E-state index in [0.29, 0.717) is 31.6 Å². The molecular formula is C13H14F4N2O4. The van der Waals surface area contributed by atoms with Crippen LogP contribution in [0, 0.1) is 5.92 Å². The summed E-state index contributed by atoms with van der Waals surface area (Å²) < 4.78 is 57.4. The summed E-state index contributed by atoms with van der Waals surface area (Å²) in [4.78, 5) is 16.2. The molecule has 0 amide bonds. The van der Waals surface area contributed by atoms with Gasteiger partial charge in [-0.15, -0.1) is 0 Å². The van der Waals surface area contributed by atoms with Gasteiger partial charge in [-0.05, 0) is 12.8 Å². The maximum absolute atomic E-state index is 12.4. The van der Waals surface area contributed by atoms with Gasteiger partial charge < -0.3 is 19.5 Å². The topological polar surface area (TPSA) is 71.9 Å². The molecule has 0 radical (unpaired) electrons. The molecule has 0 aliphatic carbocycles. The molecule has 1 fully saturated rings. The van der Waals surface area contributed by atoms with Crippen LogP contribution in [-0.2, 0) is 4.79 Å². The molecule has 0 bridgehead atoms. The second-order valence-corrected chi connectivity index (χ2v) is 4.85. The van der Waals surface area contributed by atoms with E-state index in [-0.39, 0.29) is 0 Å². The van der Waals surface area contributed by atoms with Gasteiger partial charge in [-0.3, -0.25) is 4.79 Å². The van der Waals surface area contributed by atoms with Gasteiger partial charge in [0.05, 0.1) is 17.8 Å². The van der Waals surface area contributed by atoms with Crippen molar-refractivity contribution in [2.75, 3.05) is 18.0 Å². The number of carboxylic acid groups (broad SMARTS) is 1. The van der Waals surface area contributed by atoms with Gasteiger partial charge in [0.15, 0.2) is 5.75 Å². The van der Waals surface area contributed by atoms with E-state index in [1.54, 1.807) is 4.90 Å². The number of aliphatic carboxylic acids is 1. The molecule has 1 aliphatic heterocycles. The number of carbonyl (C=O) groups is 1. The Labute approximate surface area is 128 Å². The number of anilines is 1. The Morgan fingerprint density at radius 3 is 2.35 bits per heavy atom. The van der Waals surface area contributed by atoms with Crippen LogP contribution in [0.3, 0.4) is 0 Å². The first-order valence-corrected chi connectivity index (χ1v) is 6.74. The second kappa shape index (κ2) is 7.34. The minimum atomic E-state index is -3.22. The fourth-order valence-electron chi connectivity index (χ4n) is 2.33. The molecule has 0 spiro atoms. The predicted molar refractivity (Wildman–Crippen MR) is 70.1 cm³/mol. The van der Waals surface area contributed by atoms with Crippen LogP contribution in [0.25, 0.3) is 0 Å². The zero-order chi connectivity index (χ0) is 17.0. The van der Waals surface area contributed by atoms with Crippen molar-refractivity contribution < 1.29 is 36.9 Å². The van der Waals surface area contributed by atoms with E-state index < -0.39 is 36.7 Å². The molecule has 1 N–H and O–H groups in total. The standard InChI is InChI=1S/C13H14F4N2O4/c14-12(15)22-9-5-8(6-18-10(9)23-13(16)17)19-3-1-7(2-4-19)11(20)21/h5-7,12-13H,1-4H2,(H,20,21). The summed E-state index contributed by atoms with van der Waals surface area (Å²) in [6.07, 6.45) is 1.96. The predicted octanol–water partition coefficient (Wildman–Crippen LogP) is 2.59. The van der Waals surface area contributed by atoms with Crippen molar-refractivity contribution in [3.63, 3.8) is 0 Å². The van der Waals surface area contributed by atoms with E-state index in [2.05, 4.69) is 14.5 Å². The number of rotatable bonds is 6. The molecule has 2 heterocycles. The number of hydrogen-bond donors (Lipinski definition) is 1. The van der Waals surface area contributed by atoms with Gasteiger partial charge in [0, 0.05) is 19.2 Å². The first-order valence-electron chi connectivity index (χ1n) is 6.74. The Morgan fingerprint density at radius 1 is 1.22 bits per heavy atom. The molecule has 10 heteroatoms. The lowest BCUT2D eigenvalue weighted by atomic mass is 9.97. The summed E-state index contributed by atoms with van der Waals surface area (Å²) >= 11 is 0. The average Bonchev–Trinajstić information content (AvgIpc) is 2.48. The zero-order valence-corrected chi connectivity index (χ0v) is 11.8. The van der Waals surface area contributed by atoms with Gasteiger partial charge in [0.25, 0.3) is 5.88 Å². The van der Waals surface area contributed by atoms with Crippen LogP contribution in [-0.4, -0.2) is 42.4 Å². The van der Waals surface area contributed by atoms with Crippen LogP contribution in [0.4, 0.5) is 23.2 Å². The number of hydrogen-bond acceptors (Lipinski definition) is 5. The maximum atomic E-state index is 12.4. The molecule has 1 saturated heterocycles. The molecular weight excluding hydrogens is 324 g/mol. The van der Waals surface area contributed by atoms with E-state index in [4.69, 9.17) is 5.11 Å². The summed E-state index contributed by atoms with van der Waals surface area (Å²) in [6.45, 7) is -5.69. The molecule has 0 unspecified atom stereocenters. The molecule has 23 heavy (non-hydrogen) atoms. The van der Waals surface area contributed by atoms with Gasteiger partial charge in [-0.25, -0.2) is 4.98 Å². The molecule has 0 saturated carbocycles. The monoisotopic (exact) mass is 338 g/mol. The lowest BCUT2D eigenvalue weighted by molar-refractivity contribution is -0.142. The Kier molecular flexibility index (Phi) is 5.45. The number of alkyl halides is 4. The zero-order valence-electron chi connectivity index (χ0n) is 11.8. The van der Waals surface area contributed by atoms with E-state index in [1.165, 1.54) is 6.20 Å². The van der Waals surface area contributed by atoms with Crippen molar-refractivity contribution in [3.05, 3.63) is 12.3 Å². The number of ether oxygens (including phenoxy) is 2. The lowest BCUT2D eigenvalue weighted by Crippen LogP contribution is -2.36. The molecule has 1 aromatic heterocycles. The van der Waals surface area contributed by atoms with Crippen molar-refractivity contribution in [2.24, 2.45) is 5.92 Å². The summed E-state index contributed by atoms with van der Waals surface area (Å²) in [7, 11) is 0. The van der Waals surface area contributed by atoms with Crippen molar-refractivity contribution in [1.29, 1.82) is 0 Å². The number of piperidine rings is 1. The molecule has 1 aromatic rings. The van der Waals surface area contributed by atoms with E-state index in [0.717, 1.165) is 6.07 Å². The number of carboxylic acids is 1. The Morgan fingerprint density at radius 2 is 1.83 bits per heavy atom. The van der Waals surface area contributed by atoms with Crippen molar-refractivity contribution in [2.45, 2.75) is 26.1 Å². The number of nitrogens with zero attached hydrogens (tertiary/aromatic N) is 2. The number of aromatic nitrogens is 1. The minimum absolute atomic E-state index is 0.367. The Hall–Kier alpha value is -2.26. The fourth-order valence-corrected chi connectivity index (χ4v) is 2.33. The van der Waals surface area contributed by atoms with Crippen LogP contribution in [0.2, 0.25) is 0 Å². The third-order valence-corrected chi connectivity index (χ3v) is 3.43. The van der Waals surface area contributed by atoms with Crippen molar-refractivity contribution >= 4 is 11.7 Å². The van der Waals surface area contributed by atoms with Gasteiger partial charge in [-0.2, -0.15) is 17.6 Å². The normalized spacial score (nSPS) is 16.0. The first kappa shape index (κ1) is 17.1. The van der Waals surface area contributed by atoms with Crippen LogP contribution in [0.15, 0.2) is 12.3 Å². The molecule has 1 aliphatic rings. The van der Waals surface area contributed by atoms with Crippen molar-refractivity contribution in [3.8, 4) is 11.6 Å². The van der Waals surface area contributed by atoms with Crippen LogP contribution >= 0.6 is 0 Å². The molecule has 0 aromatic carbocycles. The molecule has 0 atom stereocenters. The van der Waals surface area contributed by atoms with E-state index >= 15 is 0 Å². The van der Waals surface area contributed by atoms with Gasteiger partial charge >= 0.3 is 19.2 Å². The van der Waals surface area contributed by atoms with E-state index in [1.807, 2.05) is 0 Å². The van der Waals surface area contributed by atoms with Gasteiger partial charge in [0.2, 0.25) is 0 Å². The second-order valence-electron chi connectivity index (χ2n) is 4.85. The largest absolute Gasteiger partial charge is 0.481 e. The van der Waals surface area contributed by atoms with E-state index in [9.17, 15) is 22.4 Å². The summed E-state index contributed by atoms with van der Waals surface area (Å²) in [6, 6.07) is 1.12. The summed E-state index contributed by atoms with van der Waals surface area (Å²) in [5.74, 6) is -2.68. The molecule has 128 valence electrons. The van der Waals surface area contributed by atoms with Gasteiger partial charge in [-0.1, -0.05) is 0 Å². The Balaban J connectivity index is 2.15. The maximum Gasteiger partial charge on any atom is 0.388 e. The van der Waals surface area contributed by atoms with Crippen LogP contribution < -0.4 is 14.4 Å². The number of halogens is 4. The third-order valence-electron chi connectivity index (χ3n) is 3.43. The van der Waals surface area contributed by atoms with Crippen LogP contribution in [0.5, 0.6) is 11.6 Å². The smallest absolute Gasteiger partial charge is 0.388 e. The SMILES string of the molecule is O=C(O)C1CCN(c2cnc(OC(F)F)c(OC(F)F)c2)CC1. The quantitative estimate of drug-likeness (QED) is 0.804. The highest BCUT2D eigenvalue weighted by atomic mass is 19.3. The Bertz CT molecular complexity index is 551. The fraction of sp³-hybridized carbons (Fsp3) is 0.538. The average molecular weight is 338 g/mol.